The lowest BCUT2D eigenvalue weighted by atomic mass is 9.95. The van der Waals surface area contributed by atoms with Crippen molar-refractivity contribution >= 4 is 0 Å². The predicted octanol–water partition coefficient (Wildman–Crippen LogP) is -10.9. The Morgan fingerprint density at radius 1 is 0.321 bits per heavy atom. The average Bonchev–Trinajstić information content (AvgIpc) is 3.39. The van der Waals surface area contributed by atoms with Crippen LogP contribution < -0.4 is 0 Å². The van der Waals surface area contributed by atoms with Crippen LogP contribution in [0, 0.1) is 0 Å². The summed E-state index contributed by atoms with van der Waals surface area (Å²) in [6.45, 7) is -4.20. The Hall–Kier alpha value is -1.04. The third-order valence-corrected chi connectivity index (χ3v) is 10.5. The highest BCUT2D eigenvalue weighted by Crippen LogP contribution is 2.38. The first-order chi connectivity index (χ1) is 26.7. The predicted molar refractivity (Wildman–Crippen MR) is 164 cm³/mol. The maximum Gasteiger partial charge on any atom is 0.190 e. The molecule has 0 aromatic rings. The summed E-state index contributed by atoms with van der Waals surface area (Å²) in [5.74, 6) is 0. The van der Waals surface area contributed by atoms with Crippen molar-refractivity contribution in [3.8, 4) is 0 Å². The third kappa shape index (κ3) is 8.47. The Bertz CT molecular complexity index is 1230. The molecule has 6 heterocycles. The number of aliphatic hydroxyl groups is 15. The van der Waals surface area contributed by atoms with Crippen molar-refractivity contribution in [2.24, 2.45) is 0 Å². The van der Waals surface area contributed by atoms with Gasteiger partial charge >= 0.3 is 0 Å². The van der Waals surface area contributed by atoms with Crippen molar-refractivity contribution in [2.45, 2.75) is 154 Å². The second-order valence-electron chi connectivity index (χ2n) is 14.1. The zero-order valence-corrected chi connectivity index (χ0v) is 29.2. The van der Waals surface area contributed by atoms with E-state index in [0.29, 0.717) is 0 Å². The number of ether oxygens (including phenoxy) is 9. The van der Waals surface area contributed by atoms with E-state index >= 15 is 0 Å². The van der Waals surface area contributed by atoms with E-state index in [4.69, 9.17) is 52.4 Å². The first kappa shape index (κ1) is 44.5. The van der Waals surface area contributed by atoms with Crippen LogP contribution in [0.4, 0.5) is 0 Å². The smallest absolute Gasteiger partial charge is 0.190 e. The second kappa shape index (κ2) is 18.7. The van der Waals surface area contributed by atoms with Crippen LogP contribution in [0.5, 0.6) is 0 Å². The summed E-state index contributed by atoms with van der Waals surface area (Å²) in [4.78, 5) is 10.9. The van der Waals surface area contributed by atoms with Crippen molar-refractivity contribution in [3.05, 3.63) is 0 Å². The summed E-state index contributed by atoms with van der Waals surface area (Å²) < 4.78 is 50.3. The van der Waals surface area contributed by atoms with E-state index in [1.54, 1.807) is 0 Å². The standard InChI is InChI=1S/C30H50O26/c31-1-6-11(36)12(37)16(41)27(47-6)53-22-9(4-34)50-30-25(18(22)43)56-55-24-19(44)29(49-10(5-35)23(24)54-30)52-21-8(3-33)48-28(17(42)14(21)39)51-20-7(2-32)46-26(45)15(40)13(20)38/h6-45H,1-5H2/t6-,7-,8-,9-,10-,11-,12+,13-,14-,15-,16-,17-,18+,19-,20-,21-,22-,23-,24-,25-,26+,27-,28-,29-,30-/m1/s1. The normalized spacial score (nSPS) is 54.2. The number of aliphatic hydroxyl groups excluding tert-OH is 15. The fourth-order valence-corrected chi connectivity index (χ4v) is 7.34. The SMILES string of the molecule is OC[C@H]1O[C@H](O[C@H]2[C@H](O)[C@H]3OO[C@@H]4[C@@H](O)[C@@H](O[C@H]5[C@H](O)[C@@H](O)[C@@H](O[C@H]6[C@H](O)[C@@H](O)[C@@H](O)O[C@@H]6CO)O[C@@H]5CO)O[C@H](CO)[C@H]4O[C@H]3O[C@@H]2CO)[C@H](O)[C@@H](O)[C@@H]1O. The highest BCUT2D eigenvalue weighted by Gasteiger charge is 2.59. The number of rotatable bonds is 11. The van der Waals surface area contributed by atoms with E-state index in [1.807, 2.05) is 0 Å². The molecule has 26 heteroatoms. The van der Waals surface area contributed by atoms with Crippen molar-refractivity contribution in [1.29, 1.82) is 0 Å². The van der Waals surface area contributed by atoms with Gasteiger partial charge in [-0.25, -0.2) is 9.78 Å². The second-order valence-corrected chi connectivity index (χ2v) is 14.1. The van der Waals surface area contributed by atoms with E-state index in [-0.39, 0.29) is 0 Å². The van der Waals surface area contributed by atoms with Crippen LogP contribution in [0.1, 0.15) is 0 Å². The first-order valence-electron chi connectivity index (χ1n) is 17.8. The van der Waals surface area contributed by atoms with Gasteiger partial charge in [0.1, 0.15) is 110 Å². The van der Waals surface area contributed by atoms with Crippen LogP contribution in [0.25, 0.3) is 0 Å². The van der Waals surface area contributed by atoms with Crippen LogP contribution in [0.15, 0.2) is 0 Å². The molecule has 326 valence electrons. The van der Waals surface area contributed by atoms with E-state index in [2.05, 4.69) is 0 Å². The van der Waals surface area contributed by atoms with Crippen molar-refractivity contribution < 1.29 is 129 Å². The molecular weight excluding hydrogens is 776 g/mol. The van der Waals surface area contributed by atoms with Gasteiger partial charge in [-0.15, -0.1) is 0 Å². The number of hydrogen-bond donors (Lipinski definition) is 15. The Labute approximate surface area is 315 Å². The lowest BCUT2D eigenvalue weighted by Crippen LogP contribution is -2.67. The minimum atomic E-state index is -2.03. The van der Waals surface area contributed by atoms with Crippen molar-refractivity contribution in [2.75, 3.05) is 33.0 Å². The molecule has 25 atom stereocenters. The molecule has 0 aliphatic carbocycles. The zero-order chi connectivity index (χ0) is 40.7. The van der Waals surface area contributed by atoms with Gasteiger partial charge in [0.25, 0.3) is 0 Å². The molecule has 0 unspecified atom stereocenters. The lowest BCUT2D eigenvalue weighted by Gasteiger charge is -2.48. The molecule has 0 saturated carbocycles. The van der Waals surface area contributed by atoms with E-state index in [9.17, 15) is 76.6 Å². The Kier molecular flexibility index (Phi) is 14.9. The van der Waals surface area contributed by atoms with Gasteiger partial charge in [-0.05, 0) is 0 Å². The molecule has 0 aromatic carbocycles. The highest BCUT2D eigenvalue weighted by molar-refractivity contribution is 5.00. The van der Waals surface area contributed by atoms with Crippen LogP contribution >= 0.6 is 0 Å². The molecule has 6 aliphatic rings. The van der Waals surface area contributed by atoms with Gasteiger partial charge < -0.3 is 119 Å². The molecule has 26 nitrogen and oxygen atoms in total. The maximum atomic E-state index is 11.4. The monoisotopic (exact) mass is 826 g/mol. The van der Waals surface area contributed by atoms with Gasteiger partial charge in [0.2, 0.25) is 0 Å². The summed E-state index contributed by atoms with van der Waals surface area (Å²) in [5.41, 5.74) is 0. The molecule has 0 amide bonds. The molecule has 56 heavy (non-hydrogen) atoms. The van der Waals surface area contributed by atoms with Crippen LogP contribution in [0.2, 0.25) is 0 Å². The van der Waals surface area contributed by atoms with Crippen molar-refractivity contribution in [1.82, 2.24) is 0 Å². The molecule has 0 bridgehead atoms. The summed E-state index contributed by atoms with van der Waals surface area (Å²) in [6, 6.07) is 0. The minimum absolute atomic E-state index is 0.786. The summed E-state index contributed by atoms with van der Waals surface area (Å²) in [6.07, 6.45) is -42.9. The van der Waals surface area contributed by atoms with E-state index in [1.165, 1.54) is 0 Å². The quantitative estimate of drug-likeness (QED) is 0.0860. The van der Waals surface area contributed by atoms with Gasteiger partial charge in [0.15, 0.2) is 43.7 Å². The van der Waals surface area contributed by atoms with Gasteiger partial charge in [-0.1, -0.05) is 0 Å². The van der Waals surface area contributed by atoms with Gasteiger partial charge in [0, 0.05) is 0 Å². The molecule has 0 spiro atoms. The fraction of sp³-hybridized carbons (Fsp3) is 1.00. The Morgan fingerprint density at radius 2 is 0.750 bits per heavy atom. The van der Waals surface area contributed by atoms with Crippen LogP contribution in [-0.2, 0) is 52.4 Å². The van der Waals surface area contributed by atoms with Crippen molar-refractivity contribution in [3.63, 3.8) is 0 Å². The molecular formula is C30H50O26. The summed E-state index contributed by atoms with van der Waals surface area (Å²) in [5, 5.41) is 155. The molecule has 6 fully saturated rings. The highest BCUT2D eigenvalue weighted by atomic mass is 17.2. The van der Waals surface area contributed by atoms with E-state index < -0.39 is 187 Å². The molecule has 0 aromatic heterocycles. The minimum Gasteiger partial charge on any atom is -0.394 e. The summed E-state index contributed by atoms with van der Waals surface area (Å²) in [7, 11) is 0. The molecule has 6 rings (SSSR count). The maximum absolute atomic E-state index is 11.4. The molecule has 6 saturated heterocycles. The first-order valence-corrected chi connectivity index (χ1v) is 17.8. The number of hydrogen-bond acceptors (Lipinski definition) is 26. The topological polar surface area (TPSA) is 405 Å². The molecule has 15 N–H and O–H groups in total. The largest absolute Gasteiger partial charge is 0.394 e. The Morgan fingerprint density at radius 3 is 1.32 bits per heavy atom. The lowest BCUT2D eigenvalue weighted by molar-refractivity contribution is -0.422. The zero-order valence-electron chi connectivity index (χ0n) is 29.2. The molecule has 0 radical (unpaired) electrons. The van der Waals surface area contributed by atoms with Gasteiger partial charge in [-0.2, -0.15) is 0 Å². The van der Waals surface area contributed by atoms with E-state index in [0.717, 1.165) is 0 Å². The third-order valence-electron chi connectivity index (χ3n) is 10.5. The fourth-order valence-electron chi connectivity index (χ4n) is 7.34. The van der Waals surface area contributed by atoms with Gasteiger partial charge in [0.05, 0.1) is 33.0 Å². The Balaban J connectivity index is 1.13. The molecule has 6 aliphatic heterocycles. The van der Waals surface area contributed by atoms with Gasteiger partial charge in [-0.3, -0.25) is 0 Å². The van der Waals surface area contributed by atoms with Crippen LogP contribution in [-0.4, -0.2) is 263 Å². The van der Waals surface area contributed by atoms with Crippen LogP contribution in [0.3, 0.4) is 0 Å². The number of fused-ring (bicyclic) bond motifs is 2. The summed E-state index contributed by atoms with van der Waals surface area (Å²) >= 11 is 0. The average molecular weight is 827 g/mol.